The molecule has 4 heteroatoms. The number of carbonyl (C=O) groups excluding carboxylic acids is 1. The van der Waals surface area contributed by atoms with E-state index >= 15 is 0 Å². The van der Waals surface area contributed by atoms with Crippen LogP contribution < -0.4 is 10.8 Å². The molecule has 0 aliphatic carbocycles. The first-order valence-electron chi connectivity index (χ1n) is 5.25. The average Bonchev–Trinajstić information content (AvgIpc) is 2.28. The number of aryl methyl sites for hydroxylation is 1. The molecule has 1 aromatic rings. The third kappa shape index (κ3) is 1.90. The van der Waals surface area contributed by atoms with Crippen LogP contribution in [-0.4, -0.2) is 24.9 Å². The number of carbonyl (C=O) groups is 1. The first-order valence-corrected chi connectivity index (χ1v) is 5.25. The van der Waals surface area contributed by atoms with Crippen LogP contribution in [0.5, 0.6) is 0 Å². The van der Waals surface area contributed by atoms with E-state index in [1.54, 1.807) is 13.1 Å². The van der Waals surface area contributed by atoms with Crippen molar-refractivity contribution >= 4 is 18.3 Å². The Hall–Kier alpha value is -1.29. The molecule has 0 saturated heterocycles. The molecule has 0 unspecified atom stereocenters. The van der Waals surface area contributed by atoms with Crippen LogP contribution in [0.3, 0.4) is 0 Å². The number of hydrogen-bond acceptors (Lipinski definition) is 2. The van der Waals surface area contributed by atoms with E-state index in [0.717, 1.165) is 24.6 Å². The summed E-state index contributed by atoms with van der Waals surface area (Å²) in [7, 11) is 1.61. The Bertz CT molecular complexity index is 392. The van der Waals surface area contributed by atoms with E-state index in [1.165, 1.54) is 5.56 Å². The van der Waals surface area contributed by atoms with Crippen molar-refractivity contribution in [2.45, 2.75) is 19.2 Å². The van der Waals surface area contributed by atoms with Crippen molar-refractivity contribution in [1.29, 1.82) is 0 Å². The van der Waals surface area contributed by atoms with Crippen molar-refractivity contribution in [3.05, 3.63) is 29.3 Å². The lowest BCUT2D eigenvalue weighted by molar-refractivity contribution is 0.0963. The summed E-state index contributed by atoms with van der Waals surface area (Å²) in [6.45, 7) is -0.404. The SMILES string of the molecule is CNC(=O)c1ccc2c(c1)B(O)CCC2. The van der Waals surface area contributed by atoms with Gasteiger partial charge in [-0.05, 0) is 24.3 Å². The van der Waals surface area contributed by atoms with Gasteiger partial charge in [0.05, 0.1) is 0 Å². The second kappa shape index (κ2) is 4.07. The van der Waals surface area contributed by atoms with Gasteiger partial charge in [0.2, 0.25) is 0 Å². The van der Waals surface area contributed by atoms with E-state index in [-0.39, 0.29) is 5.91 Å². The maximum absolute atomic E-state index is 11.4. The molecule has 1 amide bonds. The van der Waals surface area contributed by atoms with Crippen LogP contribution in [0.25, 0.3) is 0 Å². The Labute approximate surface area is 89.6 Å². The van der Waals surface area contributed by atoms with Gasteiger partial charge >= 0.3 is 6.92 Å². The first kappa shape index (κ1) is 10.2. The lowest BCUT2D eigenvalue weighted by Crippen LogP contribution is -2.37. The monoisotopic (exact) mass is 203 g/mol. The largest absolute Gasteiger partial charge is 0.446 e. The van der Waals surface area contributed by atoms with E-state index in [9.17, 15) is 9.82 Å². The zero-order valence-corrected chi connectivity index (χ0v) is 8.79. The highest BCUT2D eigenvalue weighted by Gasteiger charge is 2.23. The minimum Gasteiger partial charge on any atom is -0.446 e. The third-order valence-corrected chi connectivity index (χ3v) is 2.92. The van der Waals surface area contributed by atoms with E-state index < -0.39 is 6.92 Å². The molecule has 2 N–H and O–H groups in total. The Morgan fingerprint density at radius 1 is 1.53 bits per heavy atom. The summed E-state index contributed by atoms with van der Waals surface area (Å²) in [6, 6.07) is 5.57. The summed E-state index contributed by atoms with van der Waals surface area (Å²) in [5.74, 6) is -0.101. The van der Waals surface area contributed by atoms with Crippen LogP contribution in [0.4, 0.5) is 0 Å². The van der Waals surface area contributed by atoms with Gasteiger partial charge in [0.1, 0.15) is 0 Å². The number of hydrogen-bond donors (Lipinski definition) is 2. The van der Waals surface area contributed by atoms with Crippen LogP contribution in [0.1, 0.15) is 22.3 Å². The number of nitrogens with one attached hydrogen (secondary N) is 1. The Morgan fingerprint density at radius 3 is 3.07 bits per heavy atom. The molecule has 0 saturated carbocycles. The predicted octanol–water partition coefficient (Wildman–Crippen LogP) is 0.183. The van der Waals surface area contributed by atoms with Gasteiger partial charge in [0.25, 0.3) is 5.91 Å². The van der Waals surface area contributed by atoms with Crippen molar-refractivity contribution in [3.8, 4) is 0 Å². The minimum atomic E-state index is -0.404. The highest BCUT2D eigenvalue weighted by atomic mass is 16.2. The quantitative estimate of drug-likeness (QED) is 0.639. The summed E-state index contributed by atoms with van der Waals surface area (Å²) < 4.78 is 0. The number of rotatable bonds is 1. The highest BCUT2D eigenvalue weighted by Crippen LogP contribution is 2.14. The highest BCUT2D eigenvalue weighted by molar-refractivity contribution is 6.67. The molecule has 0 aromatic heterocycles. The van der Waals surface area contributed by atoms with Crippen molar-refractivity contribution in [1.82, 2.24) is 5.32 Å². The summed E-state index contributed by atoms with van der Waals surface area (Å²) in [6.07, 6.45) is 2.82. The Balaban J connectivity index is 2.39. The van der Waals surface area contributed by atoms with Crippen molar-refractivity contribution < 1.29 is 9.82 Å². The minimum absolute atomic E-state index is 0.101. The molecule has 0 radical (unpaired) electrons. The fourth-order valence-corrected chi connectivity index (χ4v) is 2.06. The van der Waals surface area contributed by atoms with Gasteiger partial charge in [0, 0.05) is 12.6 Å². The first-order chi connectivity index (χ1) is 7.22. The Kier molecular flexibility index (Phi) is 2.78. The van der Waals surface area contributed by atoms with Gasteiger partial charge < -0.3 is 10.3 Å². The average molecular weight is 203 g/mol. The predicted molar refractivity (Wildman–Crippen MR) is 60.6 cm³/mol. The molecular formula is C11H14BNO2. The summed E-state index contributed by atoms with van der Waals surface area (Å²) >= 11 is 0. The zero-order valence-electron chi connectivity index (χ0n) is 8.79. The fraction of sp³-hybridized carbons (Fsp3) is 0.364. The maximum Gasteiger partial charge on any atom is 0.323 e. The van der Waals surface area contributed by atoms with E-state index in [0.29, 0.717) is 5.56 Å². The van der Waals surface area contributed by atoms with Crippen LogP contribution in [0, 0.1) is 0 Å². The Morgan fingerprint density at radius 2 is 2.33 bits per heavy atom. The smallest absolute Gasteiger partial charge is 0.323 e. The van der Waals surface area contributed by atoms with Crippen LogP contribution in [0.2, 0.25) is 6.32 Å². The van der Waals surface area contributed by atoms with Crippen molar-refractivity contribution in [2.24, 2.45) is 0 Å². The molecular weight excluding hydrogens is 189 g/mol. The van der Waals surface area contributed by atoms with Gasteiger partial charge in [-0.25, -0.2) is 0 Å². The third-order valence-electron chi connectivity index (χ3n) is 2.92. The van der Waals surface area contributed by atoms with E-state index in [2.05, 4.69) is 5.32 Å². The normalized spacial score (nSPS) is 14.7. The standard InChI is InChI=1S/C11H14BNO2/c1-13-11(14)9-5-4-8-3-2-6-12(15)10(8)7-9/h4-5,7,15H,2-3,6H2,1H3,(H,13,14). The maximum atomic E-state index is 11.4. The number of fused-ring (bicyclic) bond motifs is 1. The molecule has 1 heterocycles. The van der Waals surface area contributed by atoms with Crippen LogP contribution in [-0.2, 0) is 6.42 Å². The van der Waals surface area contributed by atoms with Gasteiger partial charge in [0.15, 0.2) is 0 Å². The van der Waals surface area contributed by atoms with Gasteiger partial charge in [-0.2, -0.15) is 0 Å². The van der Waals surface area contributed by atoms with Gasteiger partial charge in [-0.15, -0.1) is 0 Å². The summed E-state index contributed by atoms with van der Waals surface area (Å²) in [5.41, 5.74) is 2.71. The molecule has 15 heavy (non-hydrogen) atoms. The lowest BCUT2D eigenvalue weighted by atomic mass is 9.53. The lowest BCUT2D eigenvalue weighted by Gasteiger charge is -2.19. The van der Waals surface area contributed by atoms with Crippen molar-refractivity contribution in [2.75, 3.05) is 7.05 Å². The molecule has 1 aromatic carbocycles. The van der Waals surface area contributed by atoms with Gasteiger partial charge in [-0.3, -0.25) is 4.79 Å². The van der Waals surface area contributed by atoms with E-state index in [4.69, 9.17) is 0 Å². The van der Waals surface area contributed by atoms with Crippen LogP contribution in [0.15, 0.2) is 18.2 Å². The molecule has 78 valence electrons. The second-order valence-corrected chi connectivity index (χ2v) is 3.90. The molecule has 0 fully saturated rings. The second-order valence-electron chi connectivity index (χ2n) is 3.90. The molecule has 0 spiro atoms. The zero-order chi connectivity index (χ0) is 10.8. The molecule has 1 aliphatic rings. The summed E-state index contributed by atoms with van der Waals surface area (Å²) in [4.78, 5) is 11.4. The van der Waals surface area contributed by atoms with Crippen molar-refractivity contribution in [3.63, 3.8) is 0 Å². The topological polar surface area (TPSA) is 49.3 Å². The van der Waals surface area contributed by atoms with Crippen LogP contribution >= 0.6 is 0 Å². The molecule has 0 bridgehead atoms. The molecule has 1 aliphatic heterocycles. The van der Waals surface area contributed by atoms with Gasteiger partial charge in [-0.1, -0.05) is 24.1 Å². The van der Waals surface area contributed by atoms with E-state index in [1.807, 2.05) is 12.1 Å². The fourth-order valence-electron chi connectivity index (χ4n) is 2.06. The molecule has 2 rings (SSSR count). The molecule has 0 atom stereocenters. The number of amides is 1. The molecule has 3 nitrogen and oxygen atoms in total. The number of benzene rings is 1. The summed E-state index contributed by atoms with van der Waals surface area (Å²) in [5, 5.41) is 12.4.